The summed E-state index contributed by atoms with van der Waals surface area (Å²) in [5.74, 6) is -0.905. The minimum Gasteiger partial charge on any atom is -0.463 e. The highest BCUT2D eigenvalue weighted by Gasteiger charge is 2.71. The fourth-order valence-corrected chi connectivity index (χ4v) is 5.63. The van der Waals surface area contributed by atoms with Gasteiger partial charge < -0.3 is 4.74 Å². The predicted octanol–water partition coefficient (Wildman–Crippen LogP) is 2.30. The molecule has 0 unspecified atom stereocenters. The van der Waals surface area contributed by atoms with Crippen molar-refractivity contribution in [1.29, 1.82) is 0 Å². The molecule has 0 heterocycles. The highest BCUT2D eigenvalue weighted by Crippen LogP contribution is 2.67. The van der Waals surface area contributed by atoms with E-state index in [1.165, 1.54) is 7.11 Å². The van der Waals surface area contributed by atoms with E-state index in [-0.39, 0.29) is 23.5 Å². The molecule has 0 amide bonds. The molecule has 0 aromatic heterocycles. The number of esters is 1. The number of rotatable bonds is 3. The lowest BCUT2D eigenvalue weighted by molar-refractivity contribution is -0.177. The average Bonchev–Trinajstić information content (AvgIpc) is 2.60. The van der Waals surface area contributed by atoms with E-state index in [9.17, 15) is 14.4 Å². The fourth-order valence-electron chi connectivity index (χ4n) is 5.63. The van der Waals surface area contributed by atoms with Gasteiger partial charge in [0.1, 0.15) is 5.78 Å². The summed E-state index contributed by atoms with van der Waals surface area (Å²) >= 11 is 0. The van der Waals surface area contributed by atoms with E-state index in [4.69, 9.17) is 0 Å². The Bertz CT molecular complexity index is 680. The summed E-state index contributed by atoms with van der Waals surface area (Å²) in [6, 6.07) is 9.85. The predicted molar refractivity (Wildman–Crippen MR) is 82.6 cm³/mol. The van der Waals surface area contributed by atoms with E-state index in [1.807, 2.05) is 30.3 Å². The minimum atomic E-state index is -0.773. The molecule has 4 rings (SSSR count). The maximum atomic E-state index is 13.0. The molecule has 4 nitrogen and oxygen atoms in total. The molecule has 3 fully saturated rings. The second kappa shape index (κ2) is 5.02. The molecule has 0 spiro atoms. The van der Waals surface area contributed by atoms with Gasteiger partial charge in [0.05, 0.1) is 12.5 Å². The Morgan fingerprint density at radius 3 is 2.43 bits per heavy atom. The minimum absolute atomic E-state index is 0.0623. The van der Waals surface area contributed by atoms with Gasteiger partial charge in [-0.2, -0.15) is 0 Å². The average molecular weight is 312 g/mol. The van der Waals surface area contributed by atoms with Gasteiger partial charge in [-0.3, -0.25) is 9.59 Å². The number of Topliss-reactive ketones (excluding diaryl/α,β-unsaturated/α-hetero) is 2. The van der Waals surface area contributed by atoms with E-state index in [2.05, 4.69) is 4.74 Å². The largest absolute Gasteiger partial charge is 0.463 e. The van der Waals surface area contributed by atoms with Gasteiger partial charge in [0.25, 0.3) is 0 Å². The van der Waals surface area contributed by atoms with Crippen LogP contribution in [-0.2, 0) is 24.5 Å². The number of ketones is 2. The molecule has 4 heteroatoms. The van der Waals surface area contributed by atoms with Crippen molar-refractivity contribution in [2.24, 2.45) is 23.7 Å². The number of hydrogen-bond donors (Lipinski definition) is 0. The highest BCUT2D eigenvalue weighted by atomic mass is 16.5. The Labute approximate surface area is 135 Å². The molecule has 3 aliphatic carbocycles. The van der Waals surface area contributed by atoms with Crippen LogP contribution in [0.5, 0.6) is 0 Å². The smallest absolute Gasteiger partial charge is 0.374 e. The van der Waals surface area contributed by atoms with Gasteiger partial charge in [-0.1, -0.05) is 30.3 Å². The van der Waals surface area contributed by atoms with Gasteiger partial charge >= 0.3 is 5.97 Å². The summed E-state index contributed by atoms with van der Waals surface area (Å²) in [6.45, 7) is 0. The molecule has 3 aliphatic rings. The topological polar surface area (TPSA) is 60.4 Å². The maximum absolute atomic E-state index is 13.0. The van der Waals surface area contributed by atoms with Crippen molar-refractivity contribution in [3.05, 3.63) is 35.9 Å². The number of carbonyl (C=O) groups excluding carboxylic acids is 3. The summed E-state index contributed by atoms with van der Waals surface area (Å²) in [6.07, 6.45) is 3.24. The van der Waals surface area contributed by atoms with Crippen LogP contribution in [0, 0.1) is 23.7 Å². The molecule has 0 aliphatic heterocycles. The summed E-state index contributed by atoms with van der Waals surface area (Å²) in [5, 5.41) is 0. The van der Waals surface area contributed by atoms with E-state index < -0.39 is 17.2 Å². The molecular weight excluding hydrogens is 292 g/mol. The fraction of sp³-hybridized carbons (Fsp3) is 0.526. The normalized spacial score (nSPS) is 37.7. The molecular formula is C19H20O4. The van der Waals surface area contributed by atoms with Crippen LogP contribution in [0.2, 0.25) is 0 Å². The van der Waals surface area contributed by atoms with Crippen molar-refractivity contribution < 1.29 is 19.1 Å². The summed E-state index contributed by atoms with van der Waals surface area (Å²) in [5.41, 5.74) is 0.481. The first-order valence-electron chi connectivity index (χ1n) is 8.34. The van der Waals surface area contributed by atoms with Crippen molar-refractivity contribution in [2.75, 3.05) is 7.11 Å². The Balaban J connectivity index is 1.79. The second-order valence-corrected chi connectivity index (χ2v) is 7.04. The lowest BCUT2D eigenvalue weighted by Gasteiger charge is -2.65. The third kappa shape index (κ3) is 1.69. The SMILES string of the molecule is COC(=O)C(=O)[C@@H]1CC[C@H]2[C@H]3CC[C@H]1[C@@]2(c1ccccc1)C3=O. The van der Waals surface area contributed by atoms with E-state index in [0.29, 0.717) is 12.3 Å². The molecule has 0 radical (unpaired) electrons. The zero-order valence-electron chi connectivity index (χ0n) is 13.2. The van der Waals surface area contributed by atoms with Crippen LogP contribution in [-0.4, -0.2) is 24.6 Å². The van der Waals surface area contributed by atoms with Gasteiger partial charge in [0.15, 0.2) is 0 Å². The number of ether oxygens (including phenoxy) is 1. The van der Waals surface area contributed by atoms with Crippen LogP contribution in [0.3, 0.4) is 0 Å². The van der Waals surface area contributed by atoms with Crippen LogP contribution in [0.1, 0.15) is 31.2 Å². The zero-order valence-corrected chi connectivity index (χ0v) is 13.2. The van der Waals surface area contributed by atoms with Gasteiger partial charge in [-0.15, -0.1) is 0 Å². The Morgan fingerprint density at radius 1 is 1.04 bits per heavy atom. The van der Waals surface area contributed by atoms with Crippen LogP contribution >= 0.6 is 0 Å². The standard InChI is InChI=1S/C19H20O4/c1-23-18(22)16(20)12-7-9-15-13-8-10-14(12)19(15,17(13)21)11-5-3-2-4-6-11/h2-6,12-15H,7-10H2,1H3/t12-,13-,14-,15+,19-/m1/s1. The first kappa shape index (κ1) is 14.6. The van der Waals surface area contributed by atoms with Gasteiger partial charge in [0, 0.05) is 11.8 Å². The first-order valence-corrected chi connectivity index (χ1v) is 8.34. The van der Waals surface area contributed by atoms with Crippen LogP contribution in [0.4, 0.5) is 0 Å². The zero-order chi connectivity index (χ0) is 16.2. The maximum Gasteiger partial charge on any atom is 0.374 e. The van der Waals surface area contributed by atoms with Gasteiger partial charge in [-0.25, -0.2) is 4.79 Å². The van der Waals surface area contributed by atoms with Gasteiger partial charge in [-0.05, 0) is 43.1 Å². The Kier molecular flexibility index (Phi) is 3.19. The molecule has 5 atom stereocenters. The summed E-state index contributed by atoms with van der Waals surface area (Å²) in [4.78, 5) is 37.2. The van der Waals surface area contributed by atoms with Crippen molar-refractivity contribution in [2.45, 2.75) is 31.1 Å². The first-order chi connectivity index (χ1) is 11.1. The van der Waals surface area contributed by atoms with Crippen molar-refractivity contribution in [1.82, 2.24) is 0 Å². The molecule has 120 valence electrons. The Morgan fingerprint density at radius 2 is 1.74 bits per heavy atom. The number of benzene rings is 1. The third-order valence-corrected chi connectivity index (χ3v) is 6.44. The number of carbonyl (C=O) groups is 3. The number of methoxy groups -OCH3 is 1. The Hall–Kier alpha value is -1.97. The lowest BCUT2D eigenvalue weighted by atomic mass is 9.35. The van der Waals surface area contributed by atoms with Crippen LogP contribution in [0.25, 0.3) is 0 Å². The molecule has 1 aromatic rings. The molecule has 1 aromatic carbocycles. The quantitative estimate of drug-likeness (QED) is 0.635. The van der Waals surface area contributed by atoms with Crippen LogP contribution in [0.15, 0.2) is 30.3 Å². The van der Waals surface area contributed by atoms with Crippen molar-refractivity contribution >= 4 is 17.5 Å². The summed E-state index contributed by atoms with van der Waals surface area (Å²) < 4.78 is 4.64. The molecule has 4 bridgehead atoms. The molecule has 0 saturated heterocycles. The van der Waals surface area contributed by atoms with E-state index in [1.54, 1.807) is 0 Å². The van der Waals surface area contributed by atoms with Crippen molar-refractivity contribution in [3.63, 3.8) is 0 Å². The highest BCUT2D eigenvalue weighted by molar-refractivity contribution is 6.34. The van der Waals surface area contributed by atoms with E-state index in [0.717, 1.165) is 24.8 Å². The second-order valence-electron chi connectivity index (χ2n) is 7.04. The molecule has 3 saturated carbocycles. The monoisotopic (exact) mass is 312 g/mol. The van der Waals surface area contributed by atoms with Crippen molar-refractivity contribution in [3.8, 4) is 0 Å². The molecule has 23 heavy (non-hydrogen) atoms. The van der Waals surface area contributed by atoms with Crippen LogP contribution < -0.4 is 0 Å². The van der Waals surface area contributed by atoms with Gasteiger partial charge in [0.2, 0.25) is 5.78 Å². The lowest BCUT2D eigenvalue weighted by Crippen LogP contribution is -2.71. The summed E-state index contributed by atoms with van der Waals surface area (Å²) in [7, 11) is 1.24. The molecule has 0 N–H and O–H groups in total. The third-order valence-electron chi connectivity index (χ3n) is 6.44. The number of hydrogen-bond acceptors (Lipinski definition) is 4. The van der Waals surface area contributed by atoms with E-state index >= 15 is 0 Å².